The Balaban J connectivity index is 1.02. The van der Waals surface area contributed by atoms with Crippen LogP contribution in [-0.4, -0.2) is 0 Å². The SMILES string of the molecule is Cc1c(-c2ccc3c(c2)C(C)(C)c2cc(-c4ccccc4)c4ccccc4c2-3)oc(-c2ccc3c(c2)C(C)(C)c2cc(-c4ccccc4)c4ccccc4c2-3)c1C. The molecule has 0 bridgehead atoms. The van der Waals surface area contributed by atoms with E-state index >= 15 is 0 Å². The Bertz CT molecular complexity index is 2910. The van der Waals surface area contributed by atoms with Gasteiger partial charge in [0.15, 0.2) is 0 Å². The van der Waals surface area contributed by atoms with E-state index in [1.54, 1.807) is 0 Å². The molecule has 8 aromatic carbocycles. The van der Waals surface area contributed by atoms with Gasteiger partial charge in [-0.2, -0.15) is 0 Å². The van der Waals surface area contributed by atoms with Gasteiger partial charge in [-0.05, 0) is 138 Å². The van der Waals surface area contributed by atoms with E-state index in [1.807, 2.05) is 0 Å². The molecule has 1 heteroatoms. The summed E-state index contributed by atoms with van der Waals surface area (Å²) in [6, 6.07) is 58.4. The summed E-state index contributed by atoms with van der Waals surface area (Å²) < 4.78 is 7.02. The lowest BCUT2D eigenvalue weighted by molar-refractivity contribution is 0.593. The molecule has 0 radical (unpaired) electrons. The van der Waals surface area contributed by atoms with Crippen molar-refractivity contribution in [2.45, 2.75) is 52.4 Å². The molecule has 9 aromatic rings. The summed E-state index contributed by atoms with van der Waals surface area (Å²) in [5.74, 6) is 1.90. The monoisotopic (exact) mass is 732 g/mol. The topological polar surface area (TPSA) is 13.1 Å². The van der Waals surface area contributed by atoms with Crippen molar-refractivity contribution in [2.24, 2.45) is 0 Å². The van der Waals surface area contributed by atoms with Gasteiger partial charge in [0.2, 0.25) is 0 Å². The quantitative estimate of drug-likeness (QED) is 0.176. The molecule has 0 N–H and O–H groups in total. The van der Waals surface area contributed by atoms with Crippen LogP contribution >= 0.6 is 0 Å². The molecule has 2 aliphatic rings. The number of hydrogen-bond donors (Lipinski definition) is 0. The van der Waals surface area contributed by atoms with Crippen LogP contribution < -0.4 is 0 Å². The largest absolute Gasteiger partial charge is 0.456 e. The third kappa shape index (κ3) is 4.75. The summed E-state index contributed by atoms with van der Waals surface area (Å²) in [6.45, 7) is 14.0. The van der Waals surface area contributed by atoms with E-state index in [2.05, 4.69) is 199 Å². The van der Waals surface area contributed by atoms with Crippen molar-refractivity contribution in [3.8, 4) is 67.2 Å². The highest BCUT2D eigenvalue weighted by Crippen LogP contribution is 2.56. The van der Waals surface area contributed by atoms with Crippen molar-refractivity contribution in [2.75, 3.05) is 0 Å². The molecule has 0 amide bonds. The van der Waals surface area contributed by atoms with E-state index in [9.17, 15) is 0 Å². The molecule has 11 rings (SSSR count). The summed E-state index contributed by atoms with van der Waals surface area (Å²) in [5, 5.41) is 5.21. The number of hydrogen-bond acceptors (Lipinski definition) is 1. The Morgan fingerprint density at radius 1 is 0.333 bits per heavy atom. The van der Waals surface area contributed by atoms with Crippen LogP contribution in [0.2, 0.25) is 0 Å². The van der Waals surface area contributed by atoms with Crippen LogP contribution in [0.3, 0.4) is 0 Å². The minimum Gasteiger partial charge on any atom is -0.456 e. The molecule has 1 nitrogen and oxygen atoms in total. The van der Waals surface area contributed by atoms with Gasteiger partial charge >= 0.3 is 0 Å². The Hall–Kier alpha value is -6.44. The average Bonchev–Trinajstić information content (AvgIpc) is 3.77. The third-order valence-electron chi connectivity index (χ3n) is 13.5. The molecule has 0 saturated carbocycles. The van der Waals surface area contributed by atoms with Gasteiger partial charge in [-0.3, -0.25) is 0 Å². The van der Waals surface area contributed by atoms with Crippen LogP contribution in [0.5, 0.6) is 0 Å². The lowest BCUT2D eigenvalue weighted by Crippen LogP contribution is -2.15. The fraction of sp³-hybridized carbons (Fsp3) is 0.143. The van der Waals surface area contributed by atoms with Crippen molar-refractivity contribution in [1.29, 1.82) is 0 Å². The second kappa shape index (κ2) is 12.0. The number of fused-ring (bicyclic) bond motifs is 10. The first-order chi connectivity index (χ1) is 27.6. The highest BCUT2D eigenvalue weighted by Gasteiger charge is 2.39. The summed E-state index contributed by atoms with van der Waals surface area (Å²) >= 11 is 0. The number of rotatable bonds is 4. The third-order valence-corrected chi connectivity index (χ3v) is 13.5. The van der Waals surface area contributed by atoms with Crippen LogP contribution in [0.25, 0.3) is 88.7 Å². The van der Waals surface area contributed by atoms with Gasteiger partial charge in [-0.25, -0.2) is 0 Å². The molecule has 0 spiro atoms. The normalized spacial score (nSPS) is 14.4. The average molecular weight is 733 g/mol. The molecule has 0 atom stereocenters. The molecule has 0 fully saturated rings. The Morgan fingerprint density at radius 3 is 1.11 bits per heavy atom. The molecule has 57 heavy (non-hydrogen) atoms. The molecule has 0 saturated heterocycles. The fourth-order valence-corrected chi connectivity index (χ4v) is 10.3. The van der Waals surface area contributed by atoms with E-state index in [0.717, 1.165) is 22.6 Å². The van der Waals surface area contributed by atoms with Crippen LogP contribution in [-0.2, 0) is 10.8 Å². The van der Waals surface area contributed by atoms with Crippen LogP contribution in [0.4, 0.5) is 0 Å². The molecular formula is C56H44O. The molecule has 274 valence electrons. The van der Waals surface area contributed by atoms with Gasteiger partial charge in [-0.1, -0.05) is 161 Å². The van der Waals surface area contributed by atoms with Crippen LogP contribution in [0, 0.1) is 13.8 Å². The number of benzene rings is 8. The van der Waals surface area contributed by atoms with Crippen molar-refractivity contribution in [1.82, 2.24) is 0 Å². The van der Waals surface area contributed by atoms with E-state index in [4.69, 9.17) is 4.42 Å². The maximum atomic E-state index is 7.02. The van der Waals surface area contributed by atoms with E-state index in [-0.39, 0.29) is 10.8 Å². The number of furan rings is 1. The smallest absolute Gasteiger partial charge is 0.138 e. The lowest BCUT2D eigenvalue weighted by atomic mass is 9.80. The van der Waals surface area contributed by atoms with Crippen LogP contribution in [0.1, 0.15) is 61.1 Å². The summed E-state index contributed by atoms with van der Waals surface area (Å²) in [5.41, 5.74) is 20.2. The Kier molecular flexibility index (Phi) is 7.15. The minimum atomic E-state index is -0.183. The van der Waals surface area contributed by atoms with Crippen molar-refractivity contribution < 1.29 is 4.42 Å². The predicted molar refractivity (Wildman–Crippen MR) is 240 cm³/mol. The van der Waals surface area contributed by atoms with Gasteiger partial charge in [0, 0.05) is 22.0 Å². The van der Waals surface area contributed by atoms with E-state index in [0.29, 0.717) is 0 Å². The Morgan fingerprint density at radius 2 is 0.702 bits per heavy atom. The summed E-state index contributed by atoms with van der Waals surface area (Å²) in [6.07, 6.45) is 0. The summed E-state index contributed by atoms with van der Waals surface area (Å²) in [7, 11) is 0. The Labute approximate surface area is 335 Å². The fourth-order valence-electron chi connectivity index (χ4n) is 10.3. The molecule has 0 unspecified atom stereocenters. The maximum Gasteiger partial charge on any atom is 0.138 e. The molecular weight excluding hydrogens is 689 g/mol. The zero-order valence-electron chi connectivity index (χ0n) is 33.4. The standard InChI is InChI=1S/C56H44O/c1-33-34(2)54(38-26-28-44-48(30-38)56(5,6)50-32-46(36-19-11-8-12-20-36)40-22-14-16-24-42(40)52(44)50)57-53(33)37-25-27-43-47(29-37)55(3,4)49-31-45(35-17-9-7-10-18-35)39-21-13-15-23-41(39)51(43)49/h7-32H,1-6H3. The predicted octanol–water partition coefficient (Wildman–Crippen LogP) is 15.5. The first-order valence-electron chi connectivity index (χ1n) is 20.3. The van der Waals surface area contributed by atoms with Crippen molar-refractivity contribution in [3.05, 3.63) is 191 Å². The second-order valence-corrected chi connectivity index (χ2v) is 17.3. The van der Waals surface area contributed by atoms with Gasteiger partial charge in [-0.15, -0.1) is 0 Å². The van der Waals surface area contributed by atoms with E-state index in [1.165, 1.54) is 99.4 Å². The van der Waals surface area contributed by atoms with Gasteiger partial charge < -0.3 is 4.42 Å². The van der Waals surface area contributed by atoms with Crippen LogP contribution in [0.15, 0.2) is 162 Å². The maximum absolute atomic E-state index is 7.02. The second-order valence-electron chi connectivity index (χ2n) is 17.3. The van der Waals surface area contributed by atoms with Gasteiger partial charge in [0.05, 0.1) is 0 Å². The van der Waals surface area contributed by atoms with Crippen molar-refractivity contribution >= 4 is 21.5 Å². The molecule has 1 aromatic heterocycles. The zero-order valence-corrected chi connectivity index (χ0v) is 33.4. The van der Waals surface area contributed by atoms with Gasteiger partial charge in [0.1, 0.15) is 11.5 Å². The molecule has 0 aliphatic heterocycles. The zero-order chi connectivity index (χ0) is 38.8. The highest BCUT2D eigenvalue weighted by molar-refractivity contribution is 6.10. The minimum absolute atomic E-state index is 0.183. The molecule has 1 heterocycles. The first-order valence-corrected chi connectivity index (χ1v) is 20.3. The highest BCUT2D eigenvalue weighted by atomic mass is 16.3. The lowest BCUT2D eigenvalue weighted by Gasteiger charge is -2.23. The first kappa shape index (κ1) is 33.9. The molecule has 2 aliphatic carbocycles. The van der Waals surface area contributed by atoms with E-state index < -0.39 is 0 Å². The van der Waals surface area contributed by atoms with Crippen molar-refractivity contribution in [3.63, 3.8) is 0 Å². The summed E-state index contributed by atoms with van der Waals surface area (Å²) in [4.78, 5) is 0. The van der Waals surface area contributed by atoms with Gasteiger partial charge in [0.25, 0.3) is 0 Å².